The molecule has 1 aliphatic rings. The number of nitrogens with one attached hydrogen (secondary N) is 2. The van der Waals surface area contributed by atoms with Crippen LogP contribution in [0, 0.1) is 0 Å². The number of hydrogen-bond acceptors (Lipinski definition) is 2. The Balaban J connectivity index is 2.00. The van der Waals surface area contributed by atoms with E-state index >= 15 is 0 Å². The van der Waals surface area contributed by atoms with Gasteiger partial charge in [-0.3, -0.25) is 0 Å². The van der Waals surface area contributed by atoms with E-state index in [-0.39, 0.29) is 22.1 Å². The number of carbonyl (C=O) groups is 1. The van der Waals surface area contributed by atoms with Crippen molar-refractivity contribution >= 4 is 58.3 Å². The Labute approximate surface area is 125 Å². The molecule has 0 saturated carbocycles. The second-order valence-corrected chi connectivity index (χ2v) is 6.19. The van der Waals surface area contributed by atoms with E-state index in [1.165, 1.54) is 0 Å². The summed E-state index contributed by atoms with van der Waals surface area (Å²) < 4.78 is 0. The minimum Gasteiger partial charge on any atom is -0.334 e. The Morgan fingerprint density at radius 2 is 2.06 bits per heavy atom. The van der Waals surface area contributed by atoms with Crippen LogP contribution in [0.1, 0.15) is 6.42 Å². The fraction of sp³-hybridized carbons (Fsp3) is 0.364. The van der Waals surface area contributed by atoms with Gasteiger partial charge in [0.2, 0.25) is 0 Å². The van der Waals surface area contributed by atoms with Crippen molar-refractivity contribution in [1.82, 2.24) is 5.32 Å². The molecular formula is C11H11Cl3N2OS. The van der Waals surface area contributed by atoms with E-state index in [0.717, 1.165) is 17.9 Å². The first-order chi connectivity index (χ1) is 8.58. The van der Waals surface area contributed by atoms with Crippen LogP contribution in [0.5, 0.6) is 0 Å². The molecule has 98 valence electrons. The summed E-state index contributed by atoms with van der Waals surface area (Å²) in [5, 5.41) is 6.41. The summed E-state index contributed by atoms with van der Waals surface area (Å²) in [6, 6.07) is 3.16. The SMILES string of the molecule is O=C(Nc1ccc(Cl)c(Cl)c1Cl)N[C@H]1CCSC1. The highest BCUT2D eigenvalue weighted by Crippen LogP contribution is 2.35. The van der Waals surface area contributed by atoms with Crippen molar-refractivity contribution in [2.75, 3.05) is 16.8 Å². The van der Waals surface area contributed by atoms with Crippen molar-refractivity contribution in [1.29, 1.82) is 0 Å². The van der Waals surface area contributed by atoms with Gasteiger partial charge in [-0.05, 0) is 24.3 Å². The molecule has 2 rings (SSSR count). The lowest BCUT2D eigenvalue weighted by atomic mass is 10.3. The van der Waals surface area contributed by atoms with Gasteiger partial charge in [0.1, 0.15) is 0 Å². The molecule has 1 saturated heterocycles. The molecule has 0 aliphatic carbocycles. The number of halogens is 3. The third-order valence-electron chi connectivity index (χ3n) is 2.55. The average Bonchev–Trinajstić information content (AvgIpc) is 2.83. The van der Waals surface area contributed by atoms with Crippen LogP contribution in [0.15, 0.2) is 12.1 Å². The highest BCUT2D eigenvalue weighted by molar-refractivity contribution is 7.99. The van der Waals surface area contributed by atoms with E-state index in [2.05, 4.69) is 10.6 Å². The van der Waals surface area contributed by atoms with Crippen molar-refractivity contribution < 1.29 is 4.79 Å². The lowest BCUT2D eigenvalue weighted by Crippen LogP contribution is -2.37. The van der Waals surface area contributed by atoms with Crippen LogP contribution >= 0.6 is 46.6 Å². The summed E-state index contributed by atoms with van der Waals surface area (Å²) in [4.78, 5) is 11.8. The van der Waals surface area contributed by atoms with Crippen LogP contribution in [-0.2, 0) is 0 Å². The predicted octanol–water partition coefficient (Wildman–Crippen LogP) is 4.27. The van der Waals surface area contributed by atoms with Crippen LogP contribution in [0.2, 0.25) is 15.1 Å². The molecule has 0 radical (unpaired) electrons. The third kappa shape index (κ3) is 3.38. The lowest BCUT2D eigenvalue weighted by Gasteiger charge is -2.13. The first-order valence-electron chi connectivity index (χ1n) is 5.36. The van der Waals surface area contributed by atoms with E-state index in [4.69, 9.17) is 34.8 Å². The van der Waals surface area contributed by atoms with Gasteiger partial charge in [0, 0.05) is 11.8 Å². The van der Waals surface area contributed by atoms with Gasteiger partial charge in [-0.25, -0.2) is 4.79 Å². The normalized spacial score (nSPS) is 18.7. The maximum absolute atomic E-state index is 11.8. The minimum atomic E-state index is -0.275. The molecule has 0 spiro atoms. The monoisotopic (exact) mass is 324 g/mol. The molecule has 1 atom stereocenters. The number of benzene rings is 1. The first kappa shape index (κ1) is 14.1. The molecule has 1 aliphatic heterocycles. The molecule has 1 aromatic rings. The van der Waals surface area contributed by atoms with Crippen LogP contribution in [0.4, 0.5) is 10.5 Å². The minimum absolute atomic E-state index is 0.219. The van der Waals surface area contributed by atoms with Crippen molar-refractivity contribution in [2.24, 2.45) is 0 Å². The summed E-state index contributed by atoms with van der Waals surface area (Å²) in [7, 11) is 0. The highest BCUT2D eigenvalue weighted by atomic mass is 35.5. The first-order valence-corrected chi connectivity index (χ1v) is 7.65. The summed E-state index contributed by atoms with van der Waals surface area (Å²) in [5.41, 5.74) is 0.453. The van der Waals surface area contributed by atoms with E-state index in [9.17, 15) is 4.79 Å². The predicted molar refractivity (Wildman–Crippen MR) is 79.4 cm³/mol. The maximum Gasteiger partial charge on any atom is 0.319 e. The van der Waals surface area contributed by atoms with Crippen LogP contribution < -0.4 is 10.6 Å². The van der Waals surface area contributed by atoms with Crippen molar-refractivity contribution in [2.45, 2.75) is 12.5 Å². The van der Waals surface area contributed by atoms with Crippen LogP contribution in [0.25, 0.3) is 0 Å². The molecule has 2 amide bonds. The summed E-state index contributed by atoms with van der Waals surface area (Å²) in [6.07, 6.45) is 0.993. The number of carbonyl (C=O) groups excluding carboxylic acids is 1. The van der Waals surface area contributed by atoms with Gasteiger partial charge in [0.25, 0.3) is 0 Å². The fourth-order valence-corrected chi connectivity index (χ4v) is 3.35. The molecule has 0 unspecified atom stereocenters. The van der Waals surface area contributed by atoms with Gasteiger partial charge in [-0.15, -0.1) is 0 Å². The van der Waals surface area contributed by atoms with E-state index in [1.54, 1.807) is 12.1 Å². The molecule has 3 nitrogen and oxygen atoms in total. The molecular weight excluding hydrogens is 315 g/mol. The number of hydrogen-bond donors (Lipinski definition) is 2. The van der Waals surface area contributed by atoms with Crippen molar-refractivity contribution in [3.63, 3.8) is 0 Å². The number of thioether (sulfide) groups is 1. The van der Waals surface area contributed by atoms with Gasteiger partial charge < -0.3 is 10.6 Å². The Morgan fingerprint density at radius 3 is 2.72 bits per heavy atom. The Hall–Kier alpha value is -0.290. The quantitative estimate of drug-likeness (QED) is 0.797. The Bertz CT molecular complexity index is 464. The Kier molecular flexibility index (Phi) is 4.90. The third-order valence-corrected chi connectivity index (χ3v) is 5.00. The second kappa shape index (κ2) is 6.24. The second-order valence-electron chi connectivity index (χ2n) is 3.88. The van der Waals surface area contributed by atoms with Gasteiger partial charge in [-0.2, -0.15) is 11.8 Å². The van der Waals surface area contributed by atoms with Gasteiger partial charge >= 0.3 is 6.03 Å². The van der Waals surface area contributed by atoms with Gasteiger partial charge in [0.05, 0.1) is 20.8 Å². The zero-order chi connectivity index (χ0) is 13.1. The number of anilines is 1. The molecule has 1 heterocycles. The van der Waals surface area contributed by atoms with E-state index in [1.807, 2.05) is 11.8 Å². The van der Waals surface area contributed by atoms with E-state index in [0.29, 0.717) is 10.7 Å². The zero-order valence-corrected chi connectivity index (χ0v) is 12.4. The van der Waals surface area contributed by atoms with Crippen LogP contribution in [-0.4, -0.2) is 23.6 Å². The van der Waals surface area contributed by atoms with Crippen molar-refractivity contribution in [3.8, 4) is 0 Å². The van der Waals surface area contributed by atoms with Crippen LogP contribution in [0.3, 0.4) is 0 Å². The van der Waals surface area contributed by atoms with E-state index < -0.39 is 0 Å². The fourth-order valence-electron chi connectivity index (χ4n) is 1.61. The molecule has 0 bridgehead atoms. The topological polar surface area (TPSA) is 41.1 Å². The number of urea groups is 1. The number of rotatable bonds is 2. The standard InChI is InChI=1S/C11H11Cl3N2OS/c12-7-1-2-8(10(14)9(7)13)16-11(17)15-6-3-4-18-5-6/h1-2,6H,3-5H2,(H2,15,16,17)/t6-/m0/s1. The van der Waals surface area contributed by atoms with Gasteiger partial charge in [0.15, 0.2) is 0 Å². The largest absolute Gasteiger partial charge is 0.334 e. The molecule has 18 heavy (non-hydrogen) atoms. The lowest BCUT2D eigenvalue weighted by molar-refractivity contribution is 0.249. The summed E-state index contributed by atoms with van der Waals surface area (Å²) in [6.45, 7) is 0. The molecule has 1 fully saturated rings. The molecule has 0 aromatic heterocycles. The van der Waals surface area contributed by atoms with Gasteiger partial charge in [-0.1, -0.05) is 34.8 Å². The van der Waals surface area contributed by atoms with Crippen molar-refractivity contribution in [3.05, 3.63) is 27.2 Å². The average molecular weight is 326 g/mol. The number of amides is 2. The molecule has 2 N–H and O–H groups in total. The maximum atomic E-state index is 11.8. The molecule has 1 aromatic carbocycles. The molecule has 7 heteroatoms. The Morgan fingerprint density at radius 1 is 1.28 bits per heavy atom. The summed E-state index contributed by atoms with van der Waals surface area (Å²) >= 11 is 19.5. The zero-order valence-electron chi connectivity index (χ0n) is 9.30. The highest BCUT2D eigenvalue weighted by Gasteiger charge is 2.18. The smallest absolute Gasteiger partial charge is 0.319 e. The summed E-state index contributed by atoms with van der Waals surface area (Å²) in [5.74, 6) is 2.03.